The van der Waals surface area contributed by atoms with Crippen molar-refractivity contribution in [3.63, 3.8) is 0 Å². The average Bonchev–Trinajstić information content (AvgIpc) is 2.54. The number of aromatic nitrogens is 3. The van der Waals surface area contributed by atoms with E-state index in [0.717, 1.165) is 30.4 Å². The number of piperazine rings is 1. The van der Waals surface area contributed by atoms with Crippen LogP contribution in [0.3, 0.4) is 0 Å². The number of pyridine rings is 1. The number of rotatable bonds is 2. The van der Waals surface area contributed by atoms with Crippen molar-refractivity contribution >= 4 is 11.9 Å². The quantitative estimate of drug-likeness (QED) is 0.839. The van der Waals surface area contributed by atoms with Crippen molar-refractivity contribution in [2.45, 2.75) is 13.8 Å². The van der Waals surface area contributed by atoms with Crippen molar-refractivity contribution in [3.8, 4) is 0 Å². The zero-order chi connectivity index (χ0) is 15.5. The summed E-state index contributed by atoms with van der Waals surface area (Å²) in [6.07, 6.45) is 3.29. The Kier molecular flexibility index (Phi) is 4.00. The second-order valence-corrected chi connectivity index (χ2v) is 5.47. The molecule has 0 saturated carbocycles. The van der Waals surface area contributed by atoms with E-state index in [1.165, 1.54) is 0 Å². The summed E-state index contributed by atoms with van der Waals surface area (Å²) in [4.78, 5) is 29.4. The number of nitrogens with zero attached hydrogens (tertiary/aromatic N) is 5. The lowest BCUT2D eigenvalue weighted by atomic mass is 10.2. The van der Waals surface area contributed by atoms with E-state index in [1.807, 2.05) is 24.8 Å². The molecular formula is C16H19N5O. The second-order valence-electron chi connectivity index (χ2n) is 5.47. The summed E-state index contributed by atoms with van der Waals surface area (Å²) in [6, 6.07) is 5.55. The molecule has 22 heavy (non-hydrogen) atoms. The van der Waals surface area contributed by atoms with Gasteiger partial charge in [-0.2, -0.15) is 0 Å². The Morgan fingerprint density at radius 1 is 1.09 bits per heavy atom. The highest BCUT2D eigenvalue weighted by molar-refractivity contribution is 5.94. The summed E-state index contributed by atoms with van der Waals surface area (Å²) in [5, 5.41) is 0. The zero-order valence-electron chi connectivity index (χ0n) is 12.9. The molecule has 0 unspecified atom stereocenters. The van der Waals surface area contributed by atoms with Gasteiger partial charge in [0.25, 0.3) is 5.91 Å². The Balaban J connectivity index is 1.66. The first-order chi connectivity index (χ1) is 10.6. The number of hydrogen-bond donors (Lipinski definition) is 0. The zero-order valence-corrected chi connectivity index (χ0v) is 12.9. The number of amides is 1. The van der Waals surface area contributed by atoms with Gasteiger partial charge >= 0.3 is 0 Å². The smallest absolute Gasteiger partial charge is 0.255 e. The highest BCUT2D eigenvalue weighted by Gasteiger charge is 2.23. The van der Waals surface area contributed by atoms with Crippen LogP contribution in [0, 0.1) is 13.8 Å². The average molecular weight is 297 g/mol. The second kappa shape index (κ2) is 6.09. The van der Waals surface area contributed by atoms with E-state index in [0.29, 0.717) is 18.7 Å². The fourth-order valence-corrected chi connectivity index (χ4v) is 2.63. The Morgan fingerprint density at radius 3 is 2.36 bits per heavy atom. The molecule has 6 heteroatoms. The van der Waals surface area contributed by atoms with Gasteiger partial charge in [-0.1, -0.05) is 0 Å². The van der Waals surface area contributed by atoms with Crippen LogP contribution in [0.2, 0.25) is 0 Å². The molecule has 1 fully saturated rings. The maximum Gasteiger partial charge on any atom is 0.255 e. The van der Waals surface area contributed by atoms with Crippen molar-refractivity contribution in [2.24, 2.45) is 0 Å². The third-order valence-electron chi connectivity index (χ3n) is 3.73. The van der Waals surface area contributed by atoms with E-state index in [4.69, 9.17) is 0 Å². The van der Waals surface area contributed by atoms with E-state index >= 15 is 0 Å². The Labute approximate surface area is 129 Å². The molecule has 2 aromatic rings. The molecular weight excluding hydrogens is 278 g/mol. The van der Waals surface area contributed by atoms with Crippen molar-refractivity contribution in [1.82, 2.24) is 19.9 Å². The maximum absolute atomic E-state index is 12.4. The van der Waals surface area contributed by atoms with Crippen LogP contribution < -0.4 is 4.90 Å². The summed E-state index contributed by atoms with van der Waals surface area (Å²) in [5.74, 6) is 0.792. The van der Waals surface area contributed by atoms with Crippen LogP contribution in [0.15, 0.2) is 30.6 Å². The molecule has 1 saturated heterocycles. The van der Waals surface area contributed by atoms with Crippen molar-refractivity contribution in [2.75, 3.05) is 31.1 Å². The van der Waals surface area contributed by atoms with Gasteiger partial charge in [-0.15, -0.1) is 0 Å². The molecule has 114 valence electrons. The molecule has 3 rings (SSSR count). The normalized spacial score (nSPS) is 15.0. The maximum atomic E-state index is 12.4. The lowest BCUT2D eigenvalue weighted by Crippen LogP contribution is -2.49. The van der Waals surface area contributed by atoms with Crippen LogP contribution in [0.25, 0.3) is 0 Å². The first-order valence-electron chi connectivity index (χ1n) is 7.40. The number of hydrogen-bond acceptors (Lipinski definition) is 5. The van der Waals surface area contributed by atoms with Crippen LogP contribution in [-0.2, 0) is 0 Å². The molecule has 0 aromatic carbocycles. The van der Waals surface area contributed by atoms with Gasteiger partial charge in [-0.3, -0.25) is 9.78 Å². The topological polar surface area (TPSA) is 62.2 Å². The lowest BCUT2D eigenvalue weighted by Gasteiger charge is -2.34. The molecule has 0 aliphatic carbocycles. The van der Waals surface area contributed by atoms with Gasteiger partial charge in [0, 0.05) is 50.0 Å². The van der Waals surface area contributed by atoms with Gasteiger partial charge in [-0.05, 0) is 32.0 Å². The molecule has 0 N–H and O–H groups in total. The summed E-state index contributed by atoms with van der Waals surface area (Å²) in [6.45, 7) is 6.78. The monoisotopic (exact) mass is 297 g/mol. The van der Waals surface area contributed by atoms with Crippen molar-refractivity contribution < 1.29 is 4.79 Å². The molecule has 6 nitrogen and oxygen atoms in total. The van der Waals surface area contributed by atoms with E-state index in [1.54, 1.807) is 24.5 Å². The van der Waals surface area contributed by atoms with Crippen LogP contribution in [-0.4, -0.2) is 51.9 Å². The summed E-state index contributed by atoms with van der Waals surface area (Å²) >= 11 is 0. The van der Waals surface area contributed by atoms with E-state index in [2.05, 4.69) is 19.9 Å². The Bertz CT molecular complexity index is 645. The minimum atomic E-state index is 0.0362. The van der Waals surface area contributed by atoms with Gasteiger partial charge in [0.1, 0.15) is 0 Å². The van der Waals surface area contributed by atoms with Gasteiger partial charge < -0.3 is 9.80 Å². The van der Waals surface area contributed by atoms with Crippen molar-refractivity contribution in [1.29, 1.82) is 0 Å². The Hall–Kier alpha value is -2.50. The number of anilines is 1. The van der Waals surface area contributed by atoms with Crippen LogP contribution >= 0.6 is 0 Å². The predicted octanol–water partition coefficient (Wildman–Crippen LogP) is 1.45. The van der Waals surface area contributed by atoms with Gasteiger partial charge in [0.05, 0.1) is 5.56 Å². The molecule has 0 bridgehead atoms. The molecule has 2 aromatic heterocycles. The highest BCUT2D eigenvalue weighted by atomic mass is 16.2. The minimum Gasteiger partial charge on any atom is -0.337 e. The molecule has 0 atom stereocenters. The molecule has 0 radical (unpaired) electrons. The van der Waals surface area contributed by atoms with Crippen LogP contribution in [0.1, 0.15) is 21.7 Å². The van der Waals surface area contributed by atoms with Gasteiger partial charge in [0.15, 0.2) is 0 Å². The number of carbonyl (C=O) groups is 1. The third-order valence-corrected chi connectivity index (χ3v) is 3.73. The molecule has 3 heterocycles. The largest absolute Gasteiger partial charge is 0.337 e. The van der Waals surface area contributed by atoms with Crippen LogP contribution in [0.5, 0.6) is 0 Å². The highest BCUT2D eigenvalue weighted by Crippen LogP contribution is 2.14. The first kappa shape index (κ1) is 14.4. The van der Waals surface area contributed by atoms with E-state index in [-0.39, 0.29) is 5.91 Å². The van der Waals surface area contributed by atoms with Crippen LogP contribution in [0.4, 0.5) is 5.95 Å². The third kappa shape index (κ3) is 3.05. The van der Waals surface area contributed by atoms with E-state index < -0.39 is 0 Å². The molecule has 0 spiro atoms. The minimum absolute atomic E-state index is 0.0362. The first-order valence-corrected chi connectivity index (χ1v) is 7.40. The molecule has 1 aliphatic rings. The summed E-state index contributed by atoms with van der Waals surface area (Å²) in [5.41, 5.74) is 2.58. The fourth-order valence-electron chi connectivity index (χ4n) is 2.63. The lowest BCUT2D eigenvalue weighted by molar-refractivity contribution is 0.0746. The predicted molar refractivity (Wildman–Crippen MR) is 83.9 cm³/mol. The fraction of sp³-hybridized carbons (Fsp3) is 0.375. The number of carbonyl (C=O) groups excluding carboxylic acids is 1. The van der Waals surface area contributed by atoms with Crippen molar-refractivity contribution in [3.05, 3.63) is 47.5 Å². The molecule has 1 amide bonds. The van der Waals surface area contributed by atoms with Gasteiger partial charge in [-0.25, -0.2) is 9.97 Å². The number of aryl methyl sites for hydroxylation is 2. The molecule has 1 aliphatic heterocycles. The van der Waals surface area contributed by atoms with E-state index in [9.17, 15) is 4.79 Å². The SMILES string of the molecule is Cc1cc(C)nc(N2CCN(C(=O)c3cccnc3)CC2)n1. The standard InChI is InChI=1S/C16H19N5O/c1-12-10-13(2)19-16(18-12)21-8-6-20(7-9-21)15(22)14-4-3-5-17-11-14/h3-5,10-11H,6-9H2,1-2H3. The van der Waals surface area contributed by atoms with Gasteiger partial charge in [0.2, 0.25) is 5.95 Å². The summed E-state index contributed by atoms with van der Waals surface area (Å²) < 4.78 is 0. The summed E-state index contributed by atoms with van der Waals surface area (Å²) in [7, 11) is 0. The Morgan fingerprint density at radius 2 is 1.77 bits per heavy atom.